The molecule has 1 aliphatic rings. The molecule has 0 aromatic heterocycles. The van der Waals surface area contributed by atoms with E-state index in [1.807, 2.05) is 24.3 Å². The van der Waals surface area contributed by atoms with Gasteiger partial charge in [-0.25, -0.2) is 0 Å². The average molecular weight is 309 g/mol. The maximum atomic E-state index is 2.27. The summed E-state index contributed by atoms with van der Waals surface area (Å²) in [4.78, 5) is 0. The summed E-state index contributed by atoms with van der Waals surface area (Å²) in [5, 5.41) is 0. The number of hydrogen-bond donors (Lipinski definition) is 0. The molecule has 0 radical (unpaired) electrons. The Morgan fingerprint density at radius 3 is 0.870 bits per heavy atom. The highest BCUT2D eigenvalue weighted by Crippen LogP contribution is 2.10. The quantitative estimate of drug-likeness (QED) is 0.437. The molecule has 1 aliphatic carbocycles. The molecule has 0 aromatic rings. The van der Waals surface area contributed by atoms with Gasteiger partial charge in [-0.05, 0) is 25.7 Å². The van der Waals surface area contributed by atoms with Gasteiger partial charge < -0.3 is 0 Å². The Kier molecular flexibility index (Phi) is 13.8. The molecule has 0 N–H and O–H groups in total. The van der Waals surface area contributed by atoms with Crippen LogP contribution in [0.2, 0.25) is 0 Å². The monoisotopic (exact) mass is 308 g/mol. The van der Waals surface area contributed by atoms with Gasteiger partial charge >= 0.3 is 0 Å². The van der Waals surface area contributed by atoms with E-state index in [0.717, 1.165) is 0 Å². The molecular formula is C23H32. The fourth-order valence-corrected chi connectivity index (χ4v) is 2.40. The van der Waals surface area contributed by atoms with Gasteiger partial charge in [0.25, 0.3) is 0 Å². The zero-order valence-electron chi connectivity index (χ0n) is 14.4. The molecule has 0 aromatic carbocycles. The fourth-order valence-electron chi connectivity index (χ4n) is 2.40. The lowest BCUT2D eigenvalue weighted by molar-refractivity contribution is 0.583. The van der Waals surface area contributed by atoms with Crippen LogP contribution in [-0.4, -0.2) is 0 Å². The van der Waals surface area contributed by atoms with E-state index in [1.165, 1.54) is 57.8 Å². The molecule has 0 heterocycles. The van der Waals surface area contributed by atoms with Crippen LogP contribution in [-0.2, 0) is 0 Å². The Balaban J connectivity index is 2.39. The van der Waals surface area contributed by atoms with E-state index in [-0.39, 0.29) is 0 Å². The molecule has 0 atom stereocenters. The minimum absolute atomic E-state index is 1.20. The van der Waals surface area contributed by atoms with Crippen LogP contribution in [0.3, 0.4) is 0 Å². The van der Waals surface area contributed by atoms with Crippen molar-refractivity contribution in [2.24, 2.45) is 0 Å². The van der Waals surface area contributed by atoms with E-state index in [1.54, 1.807) is 0 Å². The molecule has 0 saturated heterocycles. The summed E-state index contributed by atoms with van der Waals surface area (Å²) in [7, 11) is 0. The highest BCUT2D eigenvalue weighted by Gasteiger charge is 1.90. The summed E-state index contributed by atoms with van der Waals surface area (Å²) < 4.78 is 0. The molecule has 1 rings (SSSR count). The zero-order valence-corrected chi connectivity index (χ0v) is 14.4. The van der Waals surface area contributed by atoms with E-state index in [0.29, 0.717) is 0 Å². The van der Waals surface area contributed by atoms with Gasteiger partial charge in [-0.2, -0.15) is 0 Å². The number of rotatable bonds is 0. The maximum Gasteiger partial charge on any atom is -0.0348 e. The van der Waals surface area contributed by atoms with Gasteiger partial charge in [0.2, 0.25) is 0 Å². The van der Waals surface area contributed by atoms with Crippen LogP contribution < -0.4 is 0 Å². The molecule has 23 heavy (non-hydrogen) atoms. The van der Waals surface area contributed by atoms with E-state index in [9.17, 15) is 0 Å². The van der Waals surface area contributed by atoms with Crippen molar-refractivity contribution in [3.63, 3.8) is 0 Å². The van der Waals surface area contributed by atoms with Gasteiger partial charge in [-0.1, -0.05) is 117 Å². The molecule has 0 fully saturated rings. The SMILES string of the molecule is C1=CCCCCCCCCC\C=C/C=C\C=C/C=C\C=C/C=C\1. The van der Waals surface area contributed by atoms with Crippen LogP contribution >= 0.6 is 0 Å². The van der Waals surface area contributed by atoms with Gasteiger partial charge in [0, 0.05) is 0 Å². The lowest BCUT2D eigenvalue weighted by atomic mass is 10.1. The van der Waals surface area contributed by atoms with Crippen LogP contribution in [0.5, 0.6) is 0 Å². The van der Waals surface area contributed by atoms with Crippen LogP contribution in [0.25, 0.3) is 0 Å². The lowest BCUT2D eigenvalue weighted by Gasteiger charge is -1.99. The smallest absolute Gasteiger partial charge is 0.0348 e. The summed E-state index contributed by atoms with van der Waals surface area (Å²) in [6.07, 6.45) is 41.5. The Morgan fingerprint density at radius 1 is 0.261 bits per heavy atom. The molecule has 0 bridgehead atoms. The van der Waals surface area contributed by atoms with Crippen LogP contribution in [0.4, 0.5) is 0 Å². The normalized spacial score (nSPS) is 27.5. The summed E-state index contributed by atoms with van der Waals surface area (Å²) in [5.74, 6) is 0. The lowest BCUT2D eigenvalue weighted by Crippen LogP contribution is -1.80. The first-order valence-corrected chi connectivity index (χ1v) is 9.15. The molecule has 0 amide bonds. The minimum atomic E-state index is 1.20. The Labute approximate surface area is 143 Å². The van der Waals surface area contributed by atoms with Crippen molar-refractivity contribution in [2.45, 2.75) is 57.8 Å². The van der Waals surface area contributed by atoms with E-state index < -0.39 is 0 Å². The van der Waals surface area contributed by atoms with Gasteiger partial charge in [0.1, 0.15) is 0 Å². The molecule has 0 unspecified atom stereocenters. The van der Waals surface area contributed by atoms with E-state index in [4.69, 9.17) is 0 Å². The van der Waals surface area contributed by atoms with Crippen molar-refractivity contribution in [1.82, 2.24) is 0 Å². The second-order valence-electron chi connectivity index (χ2n) is 5.83. The highest BCUT2D eigenvalue weighted by molar-refractivity contribution is 5.20. The first kappa shape index (κ1) is 19.2. The van der Waals surface area contributed by atoms with Gasteiger partial charge in [-0.15, -0.1) is 0 Å². The van der Waals surface area contributed by atoms with Gasteiger partial charge in [0.15, 0.2) is 0 Å². The van der Waals surface area contributed by atoms with Crippen molar-refractivity contribution in [2.75, 3.05) is 0 Å². The molecule has 0 heteroatoms. The first-order chi connectivity index (χ1) is 11.5. The largest absolute Gasteiger partial charge is 0.0845 e. The third-order valence-corrected chi connectivity index (χ3v) is 3.74. The fraction of sp³-hybridized carbons (Fsp3) is 0.391. The topological polar surface area (TPSA) is 0 Å². The predicted octanol–water partition coefficient (Wildman–Crippen LogP) is 7.40. The molecular weight excluding hydrogens is 276 g/mol. The van der Waals surface area contributed by atoms with Crippen molar-refractivity contribution >= 4 is 0 Å². The van der Waals surface area contributed by atoms with E-state index >= 15 is 0 Å². The Bertz CT molecular complexity index is 410. The van der Waals surface area contributed by atoms with Gasteiger partial charge in [0.05, 0.1) is 0 Å². The van der Waals surface area contributed by atoms with Gasteiger partial charge in [-0.3, -0.25) is 0 Å². The number of hydrogen-bond acceptors (Lipinski definition) is 0. The molecule has 0 nitrogen and oxygen atoms in total. The summed E-state index contributed by atoms with van der Waals surface area (Å²) in [5.41, 5.74) is 0. The molecule has 124 valence electrons. The summed E-state index contributed by atoms with van der Waals surface area (Å²) >= 11 is 0. The number of allylic oxidation sites excluding steroid dienone is 14. The Morgan fingerprint density at radius 2 is 0.522 bits per heavy atom. The van der Waals surface area contributed by atoms with Crippen molar-refractivity contribution in [3.8, 4) is 0 Å². The van der Waals surface area contributed by atoms with Crippen LogP contribution in [0.1, 0.15) is 57.8 Å². The average Bonchev–Trinajstić information content (AvgIpc) is 2.56. The molecule has 0 spiro atoms. The van der Waals surface area contributed by atoms with Crippen molar-refractivity contribution in [3.05, 3.63) is 85.1 Å². The first-order valence-electron chi connectivity index (χ1n) is 9.15. The molecule has 0 aliphatic heterocycles. The highest BCUT2D eigenvalue weighted by atomic mass is 14.0. The zero-order chi connectivity index (χ0) is 16.3. The van der Waals surface area contributed by atoms with E-state index in [2.05, 4.69) is 60.8 Å². The summed E-state index contributed by atoms with van der Waals surface area (Å²) in [6.45, 7) is 0. The van der Waals surface area contributed by atoms with Crippen LogP contribution in [0.15, 0.2) is 85.1 Å². The third-order valence-electron chi connectivity index (χ3n) is 3.74. The summed E-state index contributed by atoms with van der Waals surface area (Å²) in [6, 6.07) is 0. The van der Waals surface area contributed by atoms with Crippen LogP contribution in [0, 0.1) is 0 Å². The Hall–Kier alpha value is -1.82. The second kappa shape index (κ2) is 16.5. The second-order valence-corrected chi connectivity index (χ2v) is 5.83. The predicted molar refractivity (Wildman–Crippen MR) is 106 cm³/mol. The minimum Gasteiger partial charge on any atom is -0.0845 e. The standard InChI is InChI=1S/C23H32/c1-2-4-6-8-10-12-14-16-18-20-22-23-21-19-17-15-13-11-9-7-5-3-1/h1-14H,15-23H2/b2-1-,5-3-,6-4-,9-7-,10-8-,13-11-,14-12?. The van der Waals surface area contributed by atoms with Crippen molar-refractivity contribution < 1.29 is 0 Å². The third kappa shape index (κ3) is 14.9. The maximum absolute atomic E-state index is 2.27. The molecule has 0 saturated carbocycles. The van der Waals surface area contributed by atoms with Crippen molar-refractivity contribution in [1.29, 1.82) is 0 Å².